The molecule has 4 nitrogen and oxygen atoms in total. The summed E-state index contributed by atoms with van der Waals surface area (Å²) in [6.07, 6.45) is 4.54. The van der Waals surface area contributed by atoms with Gasteiger partial charge in [0.15, 0.2) is 0 Å². The van der Waals surface area contributed by atoms with Crippen molar-refractivity contribution in [1.29, 1.82) is 0 Å². The van der Waals surface area contributed by atoms with E-state index >= 15 is 0 Å². The van der Waals surface area contributed by atoms with E-state index in [1.54, 1.807) is 12.4 Å². The normalized spacial score (nSPS) is 10.5. The number of hydrogen-bond donors (Lipinski definition) is 2. The molecule has 1 amide bonds. The van der Waals surface area contributed by atoms with E-state index < -0.39 is 0 Å². The van der Waals surface area contributed by atoms with Crippen molar-refractivity contribution in [3.8, 4) is 0 Å². The van der Waals surface area contributed by atoms with Crippen molar-refractivity contribution in [2.75, 3.05) is 18.4 Å². The Bertz CT molecular complexity index is 534. The van der Waals surface area contributed by atoms with Crippen LogP contribution in [-0.2, 0) is 4.79 Å². The molecular formula is C14H17N3O. The van der Waals surface area contributed by atoms with Crippen LogP contribution in [0.3, 0.4) is 0 Å². The predicted octanol–water partition coefficient (Wildman–Crippen LogP) is 2.17. The van der Waals surface area contributed by atoms with E-state index in [9.17, 15) is 4.79 Å². The van der Waals surface area contributed by atoms with Gasteiger partial charge in [-0.15, -0.1) is 0 Å². The topological polar surface area (TPSA) is 54.0 Å². The molecule has 0 radical (unpaired) electrons. The highest BCUT2D eigenvalue weighted by molar-refractivity contribution is 6.02. The number of nitrogens with one attached hydrogen (secondary N) is 2. The summed E-state index contributed by atoms with van der Waals surface area (Å²) in [5.74, 6) is -0.0206. The molecule has 0 unspecified atom stereocenters. The molecule has 4 heteroatoms. The summed E-state index contributed by atoms with van der Waals surface area (Å²) in [6.45, 7) is 3.27. The Morgan fingerprint density at radius 3 is 3.06 bits per heavy atom. The summed E-state index contributed by atoms with van der Waals surface area (Å²) in [7, 11) is 0. The largest absolute Gasteiger partial charge is 0.324 e. The molecule has 0 aliphatic carbocycles. The van der Waals surface area contributed by atoms with Crippen LogP contribution in [0, 0.1) is 0 Å². The van der Waals surface area contributed by atoms with E-state index in [1.165, 1.54) is 0 Å². The highest BCUT2D eigenvalue weighted by Gasteiger charge is 2.04. The quantitative estimate of drug-likeness (QED) is 0.791. The van der Waals surface area contributed by atoms with Crippen LogP contribution in [0.25, 0.3) is 10.8 Å². The third-order valence-electron chi connectivity index (χ3n) is 2.67. The zero-order chi connectivity index (χ0) is 12.8. The lowest BCUT2D eigenvalue weighted by Gasteiger charge is -2.08. The van der Waals surface area contributed by atoms with Crippen LogP contribution >= 0.6 is 0 Å². The summed E-state index contributed by atoms with van der Waals surface area (Å²) < 4.78 is 0. The number of amides is 1. The van der Waals surface area contributed by atoms with Gasteiger partial charge in [0.1, 0.15) is 0 Å². The van der Waals surface area contributed by atoms with Gasteiger partial charge in [0.2, 0.25) is 5.91 Å². The number of carbonyl (C=O) groups excluding carboxylic acids is 1. The second-order valence-electron chi connectivity index (χ2n) is 4.13. The maximum Gasteiger partial charge on any atom is 0.238 e. The Kier molecular flexibility index (Phi) is 4.25. The summed E-state index contributed by atoms with van der Waals surface area (Å²) in [5, 5.41) is 8.03. The lowest BCUT2D eigenvalue weighted by molar-refractivity contribution is -0.115. The SMILES string of the molecule is CCCNCC(=O)Nc1cccc2cnccc12. The van der Waals surface area contributed by atoms with E-state index in [-0.39, 0.29) is 5.91 Å². The minimum absolute atomic E-state index is 0.0206. The summed E-state index contributed by atoms with van der Waals surface area (Å²) >= 11 is 0. The zero-order valence-electron chi connectivity index (χ0n) is 10.4. The van der Waals surface area contributed by atoms with E-state index in [1.807, 2.05) is 24.3 Å². The highest BCUT2D eigenvalue weighted by atomic mass is 16.1. The predicted molar refractivity (Wildman–Crippen MR) is 73.5 cm³/mol. The summed E-state index contributed by atoms with van der Waals surface area (Å²) in [5.41, 5.74) is 0.832. The molecule has 18 heavy (non-hydrogen) atoms. The third-order valence-corrected chi connectivity index (χ3v) is 2.67. The highest BCUT2D eigenvalue weighted by Crippen LogP contribution is 2.21. The number of carbonyl (C=O) groups is 1. The smallest absolute Gasteiger partial charge is 0.238 e. The minimum atomic E-state index is -0.0206. The molecule has 0 bridgehead atoms. The van der Waals surface area contributed by atoms with Gasteiger partial charge in [-0.3, -0.25) is 9.78 Å². The maximum atomic E-state index is 11.7. The van der Waals surface area contributed by atoms with Gasteiger partial charge in [0, 0.05) is 28.9 Å². The Morgan fingerprint density at radius 2 is 2.22 bits per heavy atom. The number of aromatic nitrogens is 1. The van der Waals surface area contributed by atoms with Crippen molar-refractivity contribution in [1.82, 2.24) is 10.3 Å². The van der Waals surface area contributed by atoms with Crippen molar-refractivity contribution >= 4 is 22.4 Å². The Morgan fingerprint density at radius 1 is 1.33 bits per heavy atom. The lowest BCUT2D eigenvalue weighted by atomic mass is 10.1. The summed E-state index contributed by atoms with van der Waals surface area (Å²) in [4.78, 5) is 15.8. The molecule has 0 aliphatic heterocycles. The van der Waals surface area contributed by atoms with Crippen LogP contribution < -0.4 is 10.6 Å². The van der Waals surface area contributed by atoms with Crippen molar-refractivity contribution < 1.29 is 4.79 Å². The fourth-order valence-electron chi connectivity index (χ4n) is 1.80. The van der Waals surface area contributed by atoms with Gasteiger partial charge < -0.3 is 10.6 Å². The van der Waals surface area contributed by atoms with E-state index in [4.69, 9.17) is 0 Å². The van der Waals surface area contributed by atoms with Gasteiger partial charge in [-0.25, -0.2) is 0 Å². The fourth-order valence-corrected chi connectivity index (χ4v) is 1.80. The van der Waals surface area contributed by atoms with Crippen molar-refractivity contribution in [3.63, 3.8) is 0 Å². The second kappa shape index (κ2) is 6.12. The molecule has 1 aromatic carbocycles. The monoisotopic (exact) mass is 243 g/mol. The van der Waals surface area contributed by atoms with E-state index in [2.05, 4.69) is 22.5 Å². The van der Waals surface area contributed by atoms with E-state index in [0.29, 0.717) is 6.54 Å². The van der Waals surface area contributed by atoms with Crippen LogP contribution in [0.5, 0.6) is 0 Å². The van der Waals surface area contributed by atoms with Crippen LogP contribution in [0.1, 0.15) is 13.3 Å². The molecule has 0 atom stereocenters. The minimum Gasteiger partial charge on any atom is -0.324 e. The van der Waals surface area contributed by atoms with E-state index in [0.717, 1.165) is 29.4 Å². The number of benzene rings is 1. The molecule has 0 saturated heterocycles. The molecule has 2 aromatic rings. The first kappa shape index (κ1) is 12.5. The van der Waals surface area contributed by atoms with Crippen LogP contribution in [0.4, 0.5) is 5.69 Å². The summed E-state index contributed by atoms with van der Waals surface area (Å²) in [6, 6.07) is 7.71. The van der Waals surface area contributed by atoms with Crippen molar-refractivity contribution in [2.24, 2.45) is 0 Å². The first-order valence-electron chi connectivity index (χ1n) is 6.14. The van der Waals surface area contributed by atoms with Crippen molar-refractivity contribution in [3.05, 3.63) is 36.7 Å². The van der Waals surface area contributed by atoms with Gasteiger partial charge in [-0.1, -0.05) is 19.1 Å². The Labute approximate surface area is 106 Å². The van der Waals surface area contributed by atoms with Gasteiger partial charge >= 0.3 is 0 Å². The van der Waals surface area contributed by atoms with Gasteiger partial charge in [-0.2, -0.15) is 0 Å². The molecule has 1 aromatic heterocycles. The van der Waals surface area contributed by atoms with Crippen LogP contribution in [0.2, 0.25) is 0 Å². The van der Waals surface area contributed by atoms with Crippen LogP contribution in [-0.4, -0.2) is 24.0 Å². The van der Waals surface area contributed by atoms with Gasteiger partial charge in [0.05, 0.1) is 6.54 Å². The van der Waals surface area contributed by atoms with Crippen LogP contribution in [0.15, 0.2) is 36.7 Å². The van der Waals surface area contributed by atoms with Crippen molar-refractivity contribution in [2.45, 2.75) is 13.3 Å². The third kappa shape index (κ3) is 3.05. The average Bonchev–Trinajstić information content (AvgIpc) is 2.39. The number of hydrogen-bond acceptors (Lipinski definition) is 3. The molecule has 0 aliphatic rings. The number of fused-ring (bicyclic) bond motifs is 1. The van der Waals surface area contributed by atoms with Gasteiger partial charge in [0.25, 0.3) is 0 Å². The number of rotatable bonds is 5. The molecule has 2 rings (SSSR count). The molecule has 0 spiro atoms. The number of anilines is 1. The number of pyridine rings is 1. The molecular weight excluding hydrogens is 226 g/mol. The first-order chi connectivity index (χ1) is 8.81. The van der Waals surface area contributed by atoms with Gasteiger partial charge in [-0.05, 0) is 25.1 Å². The molecule has 0 fully saturated rings. The fraction of sp³-hybridized carbons (Fsp3) is 0.286. The molecule has 94 valence electrons. The Hall–Kier alpha value is -1.94. The second-order valence-corrected chi connectivity index (χ2v) is 4.13. The maximum absolute atomic E-state index is 11.7. The molecule has 2 N–H and O–H groups in total. The first-order valence-corrected chi connectivity index (χ1v) is 6.14. The lowest BCUT2D eigenvalue weighted by Crippen LogP contribution is -2.28. The number of nitrogens with zero attached hydrogens (tertiary/aromatic N) is 1. The average molecular weight is 243 g/mol. The standard InChI is InChI=1S/C14H17N3O/c1-2-7-15-10-14(18)17-13-5-3-4-11-9-16-8-6-12(11)13/h3-6,8-9,15H,2,7,10H2,1H3,(H,17,18). The Balaban J connectivity index is 2.09. The molecule has 1 heterocycles. The molecule has 0 saturated carbocycles. The zero-order valence-corrected chi connectivity index (χ0v) is 10.4.